The summed E-state index contributed by atoms with van der Waals surface area (Å²) in [6.45, 7) is 0.920. The molecule has 0 unspecified atom stereocenters. The van der Waals surface area contributed by atoms with Crippen molar-refractivity contribution in [2.75, 3.05) is 18.4 Å². The lowest BCUT2D eigenvalue weighted by atomic mass is 9.93. The number of aromatic nitrogens is 1. The van der Waals surface area contributed by atoms with Gasteiger partial charge in [0.05, 0.1) is 18.1 Å². The molecule has 1 aromatic heterocycles. The van der Waals surface area contributed by atoms with E-state index in [1.54, 1.807) is 6.08 Å². The van der Waals surface area contributed by atoms with Crippen LogP contribution >= 0.6 is 15.9 Å². The Morgan fingerprint density at radius 3 is 2.50 bits per heavy atom. The molecule has 0 saturated carbocycles. The van der Waals surface area contributed by atoms with Crippen LogP contribution in [0, 0.1) is 10.1 Å². The molecule has 38 heavy (non-hydrogen) atoms. The van der Waals surface area contributed by atoms with Gasteiger partial charge in [0.25, 0.3) is 11.6 Å². The molecule has 2 heterocycles. The Hall–Kier alpha value is -3.80. The van der Waals surface area contributed by atoms with Gasteiger partial charge in [-0.05, 0) is 41.0 Å². The van der Waals surface area contributed by atoms with Gasteiger partial charge in [0.15, 0.2) is 5.76 Å². The van der Waals surface area contributed by atoms with E-state index in [2.05, 4.69) is 31.5 Å². The van der Waals surface area contributed by atoms with Crippen molar-refractivity contribution in [1.29, 1.82) is 0 Å². The van der Waals surface area contributed by atoms with Crippen LogP contribution in [0.3, 0.4) is 0 Å². The third-order valence-corrected chi connectivity index (χ3v) is 6.42. The third-order valence-electron chi connectivity index (χ3n) is 5.90. The van der Waals surface area contributed by atoms with Gasteiger partial charge in [-0.25, -0.2) is 4.98 Å². The summed E-state index contributed by atoms with van der Waals surface area (Å²) in [5.41, 5.74) is 2.69. The molecule has 3 N–H and O–H groups in total. The largest absolute Gasteiger partial charge is 0.459 e. The highest BCUT2D eigenvalue weighted by atomic mass is 79.9. The van der Waals surface area contributed by atoms with E-state index < -0.39 is 11.2 Å². The average Bonchev–Trinajstić information content (AvgIpc) is 2.95. The number of nitrogens with one attached hydrogen (secondary N) is 2. The third kappa shape index (κ3) is 7.60. The quantitative estimate of drug-likeness (QED) is 0.172. The van der Waals surface area contributed by atoms with Crippen LogP contribution in [-0.2, 0) is 27.5 Å². The second-order valence-electron chi connectivity index (χ2n) is 8.60. The number of carbonyl (C=O) groups excluding carboxylic acids is 1. The van der Waals surface area contributed by atoms with E-state index in [0.29, 0.717) is 25.4 Å². The van der Waals surface area contributed by atoms with Crippen LogP contribution in [0.5, 0.6) is 0 Å². The lowest BCUT2D eigenvalue weighted by molar-refractivity contribution is -0.385. The summed E-state index contributed by atoms with van der Waals surface area (Å²) in [5.74, 6) is 0.194. The Labute approximate surface area is 228 Å². The van der Waals surface area contributed by atoms with Crippen molar-refractivity contribution in [1.82, 2.24) is 10.3 Å². The lowest BCUT2D eigenvalue weighted by Gasteiger charge is -2.29. The van der Waals surface area contributed by atoms with Gasteiger partial charge in [0, 0.05) is 36.0 Å². The highest BCUT2D eigenvalue weighted by molar-refractivity contribution is 9.10. The molecule has 11 heteroatoms. The normalized spacial score (nSPS) is 16.7. The Bertz CT molecular complexity index is 1270. The first-order valence-electron chi connectivity index (χ1n) is 12.0. The monoisotopic (exact) mass is 582 g/mol. The summed E-state index contributed by atoms with van der Waals surface area (Å²) >= 11 is 3.45. The number of pyridine rings is 1. The van der Waals surface area contributed by atoms with Gasteiger partial charge in [0.2, 0.25) is 6.29 Å². The summed E-state index contributed by atoms with van der Waals surface area (Å²) in [6.07, 6.45) is 2.89. The second-order valence-corrected chi connectivity index (χ2v) is 9.51. The molecule has 0 radical (unpaired) electrons. The van der Waals surface area contributed by atoms with Crippen LogP contribution in [-0.4, -0.2) is 40.3 Å². The standard InChI is InChI=1S/C27H27BrN4O6/c28-22-7-5-20(6-8-22)21-13-24(38-26(14-21)37-17-19-3-1-18(16-33)2-4-19)27(34)30-12-11-29-25-10-9-23(15-31-25)32(35)36/h1-10,13,15,21,26,33H,11-12,14,16-17H2,(H,29,31)(H,30,34)/t21-,26+/m1/s1. The zero-order chi connectivity index (χ0) is 26.9. The topological polar surface area (TPSA) is 136 Å². The highest BCUT2D eigenvalue weighted by Gasteiger charge is 2.28. The molecule has 4 rings (SSSR count). The number of benzene rings is 2. The molecule has 198 valence electrons. The fraction of sp³-hybridized carbons (Fsp3) is 0.259. The fourth-order valence-corrected chi connectivity index (χ4v) is 4.11. The number of ether oxygens (including phenoxy) is 2. The summed E-state index contributed by atoms with van der Waals surface area (Å²) in [6, 6.07) is 18.2. The van der Waals surface area contributed by atoms with Crippen LogP contribution in [0.1, 0.15) is 29.0 Å². The van der Waals surface area contributed by atoms with Gasteiger partial charge in [-0.1, -0.05) is 52.3 Å². The second kappa shape index (κ2) is 13.1. The number of nitro groups is 1. The number of nitrogens with zero attached hydrogens (tertiary/aromatic N) is 2. The van der Waals surface area contributed by atoms with E-state index in [4.69, 9.17) is 9.47 Å². The minimum atomic E-state index is -0.630. The van der Waals surface area contributed by atoms with Gasteiger partial charge >= 0.3 is 0 Å². The number of rotatable bonds is 11. The van der Waals surface area contributed by atoms with Crippen molar-refractivity contribution in [3.8, 4) is 0 Å². The van der Waals surface area contributed by atoms with Crippen molar-refractivity contribution in [3.05, 3.63) is 110 Å². The van der Waals surface area contributed by atoms with E-state index >= 15 is 0 Å². The molecule has 0 aliphatic carbocycles. The first kappa shape index (κ1) is 27.2. The smallest absolute Gasteiger partial charge is 0.287 e. The Morgan fingerprint density at radius 2 is 1.84 bits per heavy atom. The first-order chi connectivity index (χ1) is 18.4. The molecule has 10 nitrogen and oxygen atoms in total. The molecule has 2 atom stereocenters. The molecule has 1 amide bonds. The van der Waals surface area contributed by atoms with Crippen LogP contribution in [0.4, 0.5) is 11.5 Å². The Balaban J connectivity index is 1.36. The molecule has 0 saturated heterocycles. The number of allylic oxidation sites excluding steroid dienone is 1. The van der Waals surface area contributed by atoms with Gasteiger partial charge in [-0.2, -0.15) is 0 Å². The van der Waals surface area contributed by atoms with Gasteiger partial charge < -0.3 is 25.2 Å². The van der Waals surface area contributed by atoms with Crippen molar-refractivity contribution >= 4 is 33.3 Å². The molecule has 1 aliphatic rings. The average molecular weight is 583 g/mol. The van der Waals surface area contributed by atoms with Crippen LogP contribution in [0.2, 0.25) is 0 Å². The summed E-state index contributed by atoms with van der Waals surface area (Å²) in [5, 5.41) is 25.8. The van der Waals surface area contributed by atoms with Gasteiger partial charge in [-0.15, -0.1) is 0 Å². The van der Waals surface area contributed by atoms with Crippen molar-refractivity contribution in [3.63, 3.8) is 0 Å². The molecular formula is C27H27BrN4O6. The molecule has 0 spiro atoms. The Morgan fingerprint density at radius 1 is 1.11 bits per heavy atom. The minimum absolute atomic E-state index is 0.0229. The predicted octanol–water partition coefficient (Wildman–Crippen LogP) is 4.40. The summed E-state index contributed by atoms with van der Waals surface area (Å²) < 4.78 is 12.9. The number of amides is 1. The summed E-state index contributed by atoms with van der Waals surface area (Å²) in [4.78, 5) is 27.2. The van der Waals surface area contributed by atoms with Crippen molar-refractivity contribution in [2.24, 2.45) is 0 Å². The van der Waals surface area contributed by atoms with Crippen LogP contribution < -0.4 is 10.6 Å². The fourth-order valence-electron chi connectivity index (χ4n) is 3.84. The van der Waals surface area contributed by atoms with E-state index in [-0.39, 0.29) is 36.4 Å². The number of hydrogen-bond acceptors (Lipinski definition) is 8. The van der Waals surface area contributed by atoms with Crippen molar-refractivity contribution in [2.45, 2.75) is 31.8 Å². The number of aliphatic hydroxyl groups excluding tert-OH is 1. The molecule has 0 fully saturated rings. The molecular weight excluding hydrogens is 556 g/mol. The maximum Gasteiger partial charge on any atom is 0.287 e. The maximum absolute atomic E-state index is 12.9. The predicted molar refractivity (Wildman–Crippen MR) is 144 cm³/mol. The van der Waals surface area contributed by atoms with Gasteiger partial charge in [0.1, 0.15) is 12.0 Å². The highest BCUT2D eigenvalue weighted by Crippen LogP contribution is 2.32. The lowest BCUT2D eigenvalue weighted by Crippen LogP contribution is -2.35. The van der Waals surface area contributed by atoms with E-state index in [9.17, 15) is 20.0 Å². The molecule has 2 aromatic carbocycles. The molecule has 0 bridgehead atoms. The van der Waals surface area contributed by atoms with E-state index in [1.807, 2.05) is 48.5 Å². The number of hydrogen-bond donors (Lipinski definition) is 3. The Kier molecular flexibility index (Phi) is 9.41. The zero-order valence-electron chi connectivity index (χ0n) is 20.4. The maximum atomic E-state index is 12.9. The van der Waals surface area contributed by atoms with E-state index in [0.717, 1.165) is 21.2 Å². The van der Waals surface area contributed by atoms with Crippen molar-refractivity contribution < 1.29 is 24.3 Å². The SMILES string of the molecule is O=C(NCCNc1ccc([N+](=O)[O-])cn1)C1=C[C@@H](c2ccc(Br)cc2)C[C@@H](OCc2ccc(CO)cc2)O1. The first-order valence-corrected chi connectivity index (χ1v) is 12.8. The zero-order valence-corrected chi connectivity index (χ0v) is 22.0. The van der Waals surface area contributed by atoms with Crippen LogP contribution in [0.15, 0.2) is 83.2 Å². The number of anilines is 1. The van der Waals surface area contributed by atoms with Gasteiger partial charge in [-0.3, -0.25) is 14.9 Å². The number of halogens is 1. The molecule has 3 aromatic rings. The number of aliphatic hydroxyl groups is 1. The van der Waals surface area contributed by atoms with E-state index in [1.165, 1.54) is 18.3 Å². The summed E-state index contributed by atoms with van der Waals surface area (Å²) in [7, 11) is 0. The number of carbonyl (C=O) groups is 1. The minimum Gasteiger partial charge on any atom is -0.459 e. The molecule has 1 aliphatic heterocycles. The van der Waals surface area contributed by atoms with Crippen LogP contribution in [0.25, 0.3) is 0 Å².